The molecule has 4 heteroatoms. The quantitative estimate of drug-likeness (QED) is 0.557. The molecule has 0 saturated heterocycles. The number of hydrogen-bond donors (Lipinski definition) is 2. The molecule has 0 aromatic carbocycles. The minimum Gasteiger partial charge on any atom is -0.369 e. The third kappa shape index (κ3) is 1.20. The van der Waals surface area contributed by atoms with Gasteiger partial charge in [0.2, 0.25) is 0 Å². The van der Waals surface area contributed by atoms with Crippen molar-refractivity contribution in [3.05, 3.63) is 12.4 Å². The fourth-order valence-corrected chi connectivity index (χ4v) is 0.669. The molecule has 0 aliphatic carbocycles. The largest absolute Gasteiger partial charge is 0.369 e. The van der Waals surface area contributed by atoms with Gasteiger partial charge >= 0.3 is 0 Å². The van der Waals surface area contributed by atoms with Crippen molar-refractivity contribution in [2.24, 2.45) is 5.73 Å². The minimum absolute atomic E-state index is 0.528. The van der Waals surface area contributed by atoms with E-state index >= 15 is 0 Å². The van der Waals surface area contributed by atoms with Crippen molar-refractivity contribution < 1.29 is 0 Å². The predicted molar refractivity (Wildman–Crippen MR) is 35.7 cm³/mol. The van der Waals surface area contributed by atoms with Crippen molar-refractivity contribution in [2.75, 3.05) is 12.3 Å². The van der Waals surface area contributed by atoms with E-state index in [0.717, 1.165) is 6.54 Å². The summed E-state index contributed by atoms with van der Waals surface area (Å²) < 4.78 is 1.81. The summed E-state index contributed by atoms with van der Waals surface area (Å²) in [5, 5.41) is 0. The zero-order chi connectivity index (χ0) is 6.69. The van der Waals surface area contributed by atoms with Crippen molar-refractivity contribution in [3.63, 3.8) is 0 Å². The van der Waals surface area contributed by atoms with E-state index in [0.29, 0.717) is 12.5 Å². The fourth-order valence-electron chi connectivity index (χ4n) is 0.669. The molecule has 0 radical (unpaired) electrons. The average molecular weight is 126 g/mol. The molecule has 4 nitrogen and oxygen atoms in total. The summed E-state index contributed by atoms with van der Waals surface area (Å²) in [5.41, 5.74) is 10.7. The highest BCUT2D eigenvalue weighted by Crippen LogP contribution is 1.95. The summed E-state index contributed by atoms with van der Waals surface area (Å²) in [4.78, 5) is 3.82. The summed E-state index contributed by atoms with van der Waals surface area (Å²) in [6.07, 6.45) is 3.47. The van der Waals surface area contributed by atoms with E-state index in [9.17, 15) is 0 Å². The molecular formula is C5H10N4. The van der Waals surface area contributed by atoms with E-state index in [2.05, 4.69) is 4.98 Å². The highest BCUT2D eigenvalue weighted by molar-refractivity contribution is 5.16. The molecule has 1 aromatic heterocycles. The average Bonchev–Trinajstić information content (AvgIpc) is 2.18. The molecule has 0 amide bonds. The molecule has 1 heterocycles. The lowest BCUT2D eigenvalue weighted by Crippen LogP contribution is -2.11. The van der Waals surface area contributed by atoms with Crippen LogP contribution in [0.3, 0.4) is 0 Å². The van der Waals surface area contributed by atoms with Gasteiger partial charge in [0.1, 0.15) is 0 Å². The first-order chi connectivity index (χ1) is 4.34. The normalized spacial score (nSPS) is 9.89. The van der Waals surface area contributed by atoms with Crippen LogP contribution in [-0.4, -0.2) is 16.1 Å². The second-order valence-corrected chi connectivity index (χ2v) is 1.77. The Balaban J connectivity index is 2.69. The van der Waals surface area contributed by atoms with Crippen LogP contribution in [-0.2, 0) is 6.54 Å². The monoisotopic (exact) mass is 126 g/mol. The zero-order valence-corrected chi connectivity index (χ0v) is 5.12. The summed E-state index contributed by atoms with van der Waals surface area (Å²) in [6.45, 7) is 1.34. The van der Waals surface area contributed by atoms with E-state index in [1.165, 1.54) is 0 Å². The minimum atomic E-state index is 0.528. The van der Waals surface area contributed by atoms with Crippen molar-refractivity contribution in [1.82, 2.24) is 9.55 Å². The molecule has 0 spiro atoms. The third-order valence-corrected chi connectivity index (χ3v) is 1.12. The number of imidazole rings is 1. The Hall–Kier alpha value is -1.03. The topological polar surface area (TPSA) is 69.9 Å². The first kappa shape index (κ1) is 6.10. The van der Waals surface area contributed by atoms with Gasteiger partial charge in [0.25, 0.3) is 0 Å². The standard InChI is InChI=1S/C5H10N4/c6-1-3-9-4-2-8-5(9)7/h2,4H,1,3,6H2,(H2,7,8). The second-order valence-electron chi connectivity index (χ2n) is 1.77. The Labute approximate surface area is 53.5 Å². The third-order valence-electron chi connectivity index (χ3n) is 1.12. The van der Waals surface area contributed by atoms with E-state index in [1.54, 1.807) is 10.8 Å². The Kier molecular flexibility index (Phi) is 1.69. The molecule has 9 heavy (non-hydrogen) atoms. The number of hydrogen-bond acceptors (Lipinski definition) is 3. The highest BCUT2D eigenvalue weighted by atomic mass is 15.1. The van der Waals surface area contributed by atoms with Gasteiger partial charge in [-0.1, -0.05) is 0 Å². The molecule has 0 unspecified atom stereocenters. The van der Waals surface area contributed by atoms with Gasteiger partial charge in [0, 0.05) is 25.5 Å². The second kappa shape index (κ2) is 2.50. The van der Waals surface area contributed by atoms with E-state index in [1.807, 2.05) is 6.20 Å². The molecule has 0 atom stereocenters. The molecule has 0 bridgehead atoms. The molecule has 50 valence electrons. The number of nitrogens with two attached hydrogens (primary N) is 2. The summed E-state index contributed by atoms with van der Waals surface area (Å²) >= 11 is 0. The molecule has 0 saturated carbocycles. The first-order valence-corrected chi connectivity index (χ1v) is 2.81. The Morgan fingerprint density at radius 2 is 2.44 bits per heavy atom. The van der Waals surface area contributed by atoms with Crippen LogP contribution in [0.15, 0.2) is 12.4 Å². The van der Waals surface area contributed by atoms with Gasteiger partial charge in [-0.25, -0.2) is 4.98 Å². The number of rotatable bonds is 2. The Morgan fingerprint density at radius 1 is 1.67 bits per heavy atom. The SMILES string of the molecule is NCCn1ccnc1N. The number of anilines is 1. The zero-order valence-electron chi connectivity index (χ0n) is 5.12. The van der Waals surface area contributed by atoms with E-state index < -0.39 is 0 Å². The molecule has 0 aliphatic heterocycles. The Bertz CT molecular complexity index is 181. The van der Waals surface area contributed by atoms with Gasteiger partial charge < -0.3 is 16.0 Å². The van der Waals surface area contributed by atoms with Crippen molar-refractivity contribution in [3.8, 4) is 0 Å². The van der Waals surface area contributed by atoms with Gasteiger partial charge in [-0.05, 0) is 0 Å². The van der Waals surface area contributed by atoms with Crippen molar-refractivity contribution in [2.45, 2.75) is 6.54 Å². The number of nitrogens with zero attached hydrogens (tertiary/aromatic N) is 2. The van der Waals surface area contributed by atoms with Gasteiger partial charge in [-0.15, -0.1) is 0 Å². The molecule has 1 rings (SSSR count). The van der Waals surface area contributed by atoms with Crippen molar-refractivity contribution in [1.29, 1.82) is 0 Å². The van der Waals surface area contributed by atoms with Crippen LogP contribution in [0, 0.1) is 0 Å². The predicted octanol–water partition coefficient (Wildman–Crippen LogP) is -0.576. The summed E-state index contributed by atoms with van der Waals surface area (Å²) in [6, 6.07) is 0. The number of nitrogen functional groups attached to an aromatic ring is 1. The van der Waals surface area contributed by atoms with Crippen LogP contribution in [0.4, 0.5) is 5.95 Å². The van der Waals surface area contributed by atoms with Gasteiger partial charge in [0.05, 0.1) is 0 Å². The highest BCUT2D eigenvalue weighted by Gasteiger charge is 1.92. The fraction of sp³-hybridized carbons (Fsp3) is 0.400. The lowest BCUT2D eigenvalue weighted by atomic mass is 10.6. The summed E-state index contributed by atoms with van der Waals surface area (Å²) in [7, 11) is 0. The van der Waals surface area contributed by atoms with Crippen LogP contribution < -0.4 is 11.5 Å². The van der Waals surface area contributed by atoms with Crippen LogP contribution >= 0.6 is 0 Å². The van der Waals surface area contributed by atoms with Crippen LogP contribution in [0.2, 0.25) is 0 Å². The maximum absolute atomic E-state index is 5.42. The van der Waals surface area contributed by atoms with Crippen LogP contribution in [0.5, 0.6) is 0 Å². The van der Waals surface area contributed by atoms with Crippen LogP contribution in [0.1, 0.15) is 0 Å². The van der Waals surface area contributed by atoms with Crippen LogP contribution in [0.25, 0.3) is 0 Å². The maximum atomic E-state index is 5.42. The van der Waals surface area contributed by atoms with Gasteiger partial charge in [0.15, 0.2) is 5.95 Å². The molecule has 1 aromatic rings. The summed E-state index contributed by atoms with van der Waals surface area (Å²) in [5.74, 6) is 0.528. The molecule has 4 N–H and O–H groups in total. The lowest BCUT2D eigenvalue weighted by molar-refractivity contribution is 0.718. The molecular weight excluding hydrogens is 116 g/mol. The number of aromatic nitrogens is 2. The maximum Gasteiger partial charge on any atom is 0.200 e. The van der Waals surface area contributed by atoms with Gasteiger partial charge in [-0.2, -0.15) is 0 Å². The lowest BCUT2D eigenvalue weighted by Gasteiger charge is -1.98. The molecule has 0 fully saturated rings. The molecule has 0 aliphatic rings. The smallest absolute Gasteiger partial charge is 0.200 e. The van der Waals surface area contributed by atoms with Gasteiger partial charge in [-0.3, -0.25) is 0 Å². The van der Waals surface area contributed by atoms with E-state index in [-0.39, 0.29) is 0 Å². The van der Waals surface area contributed by atoms with Crippen molar-refractivity contribution >= 4 is 5.95 Å². The Morgan fingerprint density at radius 3 is 2.89 bits per heavy atom. The van der Waals surface area contributed by atoms with E-state index in [4.69, 9.17) is 11.5 Å². The first-order valence-electron chi connectivity index (χ1n) is 2.81.